The molecule has 0 aliphatic carbocycles. The van der Waals surface area contributed by atoms with Crippen molar-refractivity contribution < 1.29 is 9.59 Å². The zero-order chi connectivity index (χ0) is 23.9. The fourth-order valence-corrected chi connectivity index (χ4v) is 3.83. The largest absolute Gasteiger partial charge is 0.320 e. The van der Waals surface area contributed by atoms with E-state index >= 15 is 0 Å². The summed E-state index contributed by atoms with van der Waals surface area (Å²) in [7, 11) is 2.06. The van der Waals surface area contributed by atoms with Gasteiger partial charge in [-0.1, -0.05) is 39.5 Å². The van der Waals surface area contributed by atoms with Crippen molar-refractivity contribution in [1.29, 1.82) is 0 Å². The van der Waals surface area contributed by atoms with Gasteiger partial charge in [-0.25, -0.2) is 5.84 Å². The van der Waals surface area contributed by atoms with Crippen molar-refractivity contribution in [3.63, 3.8) is 0 Å². The van der Waals surface area contributed by atoms with E-state index in [9.17, 15) is 9.59 Å². The van der Waals surface area contributed by atoms with Gasteiger partial charge in [-0.3, -0.25) is 15.0 Å². The Bertz CT molecular complexity index is 421. The molecule has 9 heteroatoms. The van der Waals surface area contributed by atoms with Gasteiger partial charge in [0.25, 0.3) is 0 Å². The van der Waals surface area contributed by atoms with E-state index in [0.29, 0.717) is 24.4 Å². The second-order valence-electron chi connectivity index (χ2n) is 7.83. The molecule has 3 atom stereocenters. The van der Waals surface area contributed by atoms with E-state index in [1.54, 1.807) is 6.92 Å². The maximum Gasteiger partial charge on any atom is 0.250 e. The van der Waals surface area contributed by atoms with Gasteiger partial charge in [0.15, 0.2) is 0 Å². The number of nitrogens with one attached hydrogen (secondary N) is 4. The number of likely N-dealkylation sites (N-methyl/N-ethyl adjacent to an activating group) is 2. The quantitative estimate of drug-likeness (QED) is 0.0737. The molecule has 0 aliphatic heterocycles. The standard InChI is InChI=1S/C19H41N3OS.C3H9N3O/c1-5-7-11-14-21-15-17(23)12-9-8-10-13-18(20-3)19(16-24-4)22-6-2;1-2(4)3(7)6-5/h18-22H,5-16H2,1-4H3;2H,4-5H2,1H3,(H,6,7)/t18-,19+;/m1./s1. The van der Waals surface area contributed by atoms with E-state index in [4.69, 9.17) is 11.6 Å². The summed E-state index contributed by atoms with van der Waals surface area (Å²) in [6.07, 6.45) is 11.1. The van der Waals surface area contributed by atoms with Crippen LogP contribution in [0.3, 0.4) is 0 Å². The highest BCUT2D eigenvalue weighted by molar-refractivity contribution is 7.98. The van der Waals surface area contributed by atoms with Crippen LogP contribution in [-0.4, -0.2) is 68.5 Å². The molecule has 8 N–H and O–H groups in total. The molecule has 0 bridgehead atoms. The Balaban J connectivity index is 0. The number of rotatable bonds is 19. The lowest BCUT2D eigenvalue weighted by Crippen LogP contribution is -2.48. The minimum atomic E-state index is -0.509. The minimum absolute atomic E-state index is 0.347. The summed E-state index contributed by atoms with van der Waals surface area (Å²) in [5, 5.41) is 10.3. The first-order valence-electron chi connectivity index (χ1n) is 11.8. The number of hydrazine groups is 1. The molecule has 0 rings (SSSR count). The molecule has 0 saturated heterocycles. The van der Waals surface area contributed by atoms with Gasteiger partial charge >= 0.3 is 0 Å². The van der Waals surface area contributed by atoms with Crippen LogP contribution >= 0.6 is 11.8 Å². The van der Waals surface area contributed by atoms with Gasteiger partial charge in [0, 0.05) is 24.3 Å². The van der Waals surface area contributed by atoms with E-state index in [0.717, 1.165) is 38.1 Å². The molecule has 0 fully saturated rings. The Hall–Kier alpha value is -0.710. The molecule has 1 amide bonds. The van der Waals surface area contributed by atoms with Gasteiger partial charge in [-0.05, 0) is 52.6 Å². The average molecular weight is 463 g/mol. The predicted octanol–water partition coefficient (Wildman–Crippen LogP) is 1.54. The molecule has 0 aromatic heterocycles. The Morgan fingerprint density at radius 1 is 1.03 bits per heavy atom. The van der Waals surface area contributed by atoms with Crippen LogP contribution < -0.4 is 33.0 Å². The molecule has 0 aliphatic rings. The molecule has 0 heterocycles. The molecular weight excluding hydrogens is 412 g/mol. The molecule has 0 spiro atoms. The molecule has 0 aromatic carbocycles. The highest BCUT2D eigenvalue weighted by Gasteiger charge is 2.18. The van der Waals surface area contributed by atoms with Crippen molar-refractivity contribution in [1.82, 2.24) is 21.4 Å². The van der Waals surface area contributed by atoms with Crippen LogP contribution in [0, 0.1) is 0 Å². The highest BCUT2D eigenvalue weighted by Crippen LogP contribution is 2.11. The number of Topliss-reactive ketones (excluding diaryl/α,β-unsaturated/α-hetero) is 1. The molecule has 31 heavy (non-hydrogen) atoms. The molecular formula is C22H50N6O2S. The Morgan fingerprint density at radius 2 is 1.74 bits per heavy atom. The topological polar surface area (TPSA) is 134 Å². The van der Waals surface area contributed by atoms with Crippen molar-refractivity contribution >= 4 is 23.5 Å². The number of carbonyl (C=O) groups is 2. The summed E-state index contributed by atoms with van der Waals surface area (Å²) in [6.45, 7) is 8.47. The second kappa shape index (κ2) is 23.9. The monoisotopic (exact) mass is 462 g/mol. The summed E-state index contributed by atoms with van der Waals surface area (Å²) in [5.41, 5.74) is 6.95. The molecule has 0 radical (unpaired) electrons. The third-order valence-electron chi connectivity index (χ3n) is 4.97. The smallest absolute Gasteiger partial charge is 0.250 e. The zero-order valence-electron chi connectivity index (χ0n) is 20.6. The lowest BCUT2D eigenvalue weighted by atomic mass is 10.0. The number of amides is 1. The lowest BCUT2D eigenvalue weighted by Gasteiger charge is -2.27. The molecule has 0 aromatic rings. The summed E-state index contributed by atoms with van der Waals surface area (Å²) in [5.74, 6) is 5.85. The molecule has 1 unspecified atom stereocenters. The van der Waals surface area contributed by atoms with Crippen molar-refractivity contribution in [2.24, 2.45) is 11.6 Å². The van der Waals surface area contributed by atoms with E-state index in [2.05, 4.69) is 43.1 Å². The van der Waals surface area contributed by atoms with Crippen molar-refractivity contribution in [2.45, 2.75) is 90.3 Å². The minimum Gasteiger partial charge on any atom is -0.320 e. The average Bonchev–Trinajstić information content (AvgIpc) is 2.75. The second-order valence-corrected chi connectivity index (χ2v) is 8.74. The van der Waals surface area contributed by atoms with E-state index in [-0.39, 0.29) is 5.91 Å². The third-order valence-corrected chi connectivity index (χ3v) is 5.67. The summed E-state index contributed by atoms with van der Waals surface area (Å²) in [6, 6.07) is 0.544. The van der Waals surface area contributed by atoms with Gasteiger partial charge in [-0.2, -0.15) is 11.8 Å². The van der Waals surface area contributed by atoms with Crippen LogP contribution in [0.15, 0.2) is 0 Å². The number of hydrogen-bond acceptors (Lipinski definition) is 8. The molecule has 8 nitrogen and oxygen atoms in total. The normalized spacial score (nSPS) is 13.6. The lowest BCUT2D eigenvalue weighted by molar-refractivity contribution is -0.122. The van der Waals surface area contributed by atoms with Crippen molar-refractivity contribution in [2.75, 3.05) is 38.7 Å². The van der Waals surface area contributed by atoms with Crippen LogP contribution in [-0.2, 0) is 9.59 Å². The number of unbranched alkanes of at least 4 members (excludes halogenated alkanes) is 4. The number of nitrogens with two attached hydrogens (primary N) is 2. The molecule has 186 valence electrons. The maximum atomic E-state index is 11.8. The first-order chi connectivity index (χ1) is 14.9. The van der Waals surface area contributed by atoms with E-state index in [1.165, 1.54) is 32.1 Å². The van der Waals surface area contributed by atoms with Crippen LogP contribution in [0.2, 0.25) is 0 Å². The fraction of sp³-hybridized carbons (Fsp3) is 0.909. The maximum absolute atomic E-state index is 11.8. The SMILES string of the molecule is CC(N)C(=O)NN.CCCCCNCC(=O)CCCCC[C@@H](NC)[C@H](CSC)NCC. The summed E-state index contributed by atoms with van der Waals surface area (Å²) >= 11 is 1.90. The predicted molar refractivity (Wildman–Crippen MR) is 135 cm³/mol. The van der Waals surface area contributed by atoms with Crippen molar-refractivity contribution in [3.8, 4) is 0 Å². The third kappa shape index (κ3) is 20.9. The zero-order valence-corrected chi connectivity index (χ0v) is 21.4. The van der Waals surface area contributed by atoms with Crippen LogP contribution in [0.1, 0.15) is 72.1 Å². The van der Waals surface area contributed by atoms with Gasteiger partial charge in [-0.15, -0.1) is 0 Å². The van der Waals surface area contributed by atoms with Crippen LogP contribution in [0.4, 0.5) is 0 Å². The van der Waals surface area contributed by atoms with E-state index in [1.807, 2.05) is 17.2 Å². The fourth-order valence-electron chi connectivity index (χ4n) is 3.12. The Morgan fingerprint density at radius 3 is 2.23 bits per heavy atom. The first kappa shape index (κ1) is 32.5. The number of carbonyl (C=O) groups excluding carboxylic acids is 2. The Labute approximate surface area is 195 Å². The van der Waals surface area contributed by atoms with E-state index < -0.39 is 6.04 Å². The first-order valence-corrected chi connectivity index (χ1v) is 13.1. The number of ketones is 1. The van der Waals surface area contributed by atoms with Crippen LogP contribution in [0.25, 0.3) is 0 Å². The van der Waals surface area contributed by atoms with Crippen LogP contribution in [0.5, 0.6) is 0 Å². The van der Waals surface area contributed by atoms with Gasteiger partial charge in [0.05, 0.1) is 12.6 Å². The van der Waals surface area contributed by atoms with Gasteiger partial charge < -0.3 is 21.7 Å². The number of hydrogen-bond donors (Lipinski definition) is 6. The number of thioether (sulfide) groups is 1. The van der Waals surface area contributed by atoms with Gasteiger partial charge in [0.2, 0.25) is 5.91 Å². The van der Waals surface area contributed by atoms with Gasteiger partial charge in [0.1, 0.15) is 5.78 Å². The summed E-state index contributed by atoms with van der Waals surface area (Å²) in [4.78, 5) is 22.0. The summed E-state index contributed by atoms with van der Waals surface area (Å²) < 4.78 is 0. The molecule has 0 saturated carbocycles. The van der Waals surface area contributed by atoms with Crippen molar-refractivity contribution in [3.05, 3.63) is 0 Å². The highest BCUT2D eigenvalue weighted by atomic mass is 32.2. The Kier molecular flexibility index (Phi) is 25.1.